The number of rotatable bonds is 8. The molecule has 0 aromatic rings. The van der Waals surface area contributed by atoms with Gasteiger partial charge in [-0.05, 0) is 32.6 Å². The lowest BCUT2D eigenvalue weighted by atomic mass is 10.2. The third kappa shape index (κ3) is 9.48. The number of unbranched alkanes of at least 4 members (excludes halogenated alkanes) is 1. The van der Waals surface area contributed by atoms with Crippen molar-refractivity contribution in [2.24, 2.45) is 5.73 Å². The van der Waals surface area contributed by atoms with E-state index in [1.54, 1.807) is 0 Å². The van der Waals surface area contributed by atoms with Crippen LogP contribution in [0.15, 0.2) is 0 Å². The van der Waals surface area contributed by atoms with E-state index in [0.29, 0.717) is 19.4 Å². The Morgan fingerprint density at radius 1 is 1.43 bits per heavy atom. The molecule has 0 fully saturated rings. The van der Waals surface area contributed by atoms with Gasteiger partial charge in [0.05, 0.1) is 0 Å². The second-order valence-electron chi connectivity index (χ2n) is 3.65. The summed E-state index contributed by atoms with van der Waals surface area (Å²) in [7, 11) is 0. The van der Waals surface area contributed by atoms with Crippen LogP contribution in [-0.4, -0.2) is 30.2 Å². The Bertz CT molecular complexity index is 149. The molecule has 0 radical (unpaired) electrons. The van der Waals surface area contributed by atoms with E-state index >= 15 is 0 Å². The molecule has 0 saturated heterocycles. The van der Waals surface area contributed by atoms with Crippen molar-refractivity contribution < 1.29 is 9.90 Å². The molecule has 0 saturated carbocycles. The van der Waals surface area contributed by atoms with E-state index in [9.17, 15) is 4.79 Å². The summed E-state index contributed by atoms with van der Waals surface area (Å²) in [6.45, 7) is 2.83. The molecule has 0 spiro atoms. The smallest absolute Gasteiger partial charge is 0.219 e. The molecule has 0 heterocycles. The van der Waals surface area contributed by atoms with Crippen LogP contribution >= 0.6 is 0 Å². The summed E-state index contributed by atoms with van der Waals surface area (Å²) in [4.78, 5) is 11.1. The molecule has 4 heteroatoms. The first-order valence-corrected chi connectivity index (χ1v) is 5.30. The molecular weight excluding hydrogens is 180 g/mol. The Balaban J connectivity index is 3.18. The molecular formula is C10H22N2O2. The molecule has 0 aromatic carbocycles. The van der Waals surface area contributed by atoms with Crippen LogP contribution < -0.4 is 11.1 Å². The molecule has 0 aromatic heterocycles. The van der Waals surface area contributed by atoms with Crippen LogP contribution in [0.1, 0.15) is 39.0 Å². The lowest BCUT2D eigenvalue weighted by Crippen LogP contribution is -2.25. The Morgan fingerprint density at radius 2 is 2.14 bits per heavy atom. The van der Waals surface area contributed by atoms with Gasteiger partial charge in [0.1, 0.15) is 0 Å². The fraction of sp³-hybridized carbons (Fsp3) is 0.900. The minimum atomic E-state index is 0.0723. The zero-order chi connectivity index (χ0) is 10.8. The standard InChI is InChI=1S/C10H22N2O2/c1-9(11)5-4-7-12-10(14)6-2-3-8-13/h9,13H,2-8,11H2,1H3,(H,12,14). The van der Waals surface area contributed by atoms with E-state index in [4.69, 9.17) is 10.8 Å². The summed E-state index contributed by atoms with van der Waals surface area (Å²) in [5.74, 6) is 0.0723. The second kappa shape index (κ2) is 8.97. The molecule has 4 N–H and O–H groups in total. The number of nitrogens with one attached hydrogen (secondary N) is 1. The number of hydrogen-bond acceptors (Lipinski definition) is 3. The molecule has 0 bridgehead atoms. The average molecular weight is 202 g/mol. The Kier molecular flexibility index (Phi) is 8.57. The second-order valence-corrected chi connectivity index (χ2v) is 3.65. The summed E-state index contributed by atoms with van der Waals surface area (Å²) >= 11 is 0. The van der Waals surface area contributed by atoms with Gasteiger partial charge in [0.2, 0.25) is 5.91 Å². The molecule has 0 aliphatic rings. The first-order chi connectivity index (χ1) is 6.66. The number of amides is 1. The molecule has 0 aliphatic heterocycles. The van der Waals surface area contributed by atoms with Gasteiger partial charge in [-0.1, -0.05) is 0 Å². The third-order valence-corrected chi connectivity index (χ3v) is 1.97. The fourth-order valence-electron chi connectivity index (χ4n) is 1.14. The number of aliphatic hydroxyl groups excluding tert-OH is 1. The maximum Gasteiger partial charge on any atom is 0.219 e. The van der Waals surface area contributed by atoms with Crippen molar-refractivity contribution in [3.05, 3.63) is 0 Å². The van der Waals surface area contributed by atoms with E-state index in [1.165, 1.54) is 0 Å². The molecule has 84 valence electrons. The zero-order valence-corrected chi connectivity index (χ0v) is 8.96. The van der Waals surface area contributed by atoms with Gasteiger partial charge in [-0.3, -0.25) is 4.79 Å². The predicted octanol–water partition coefficient (Wildman–Crippen LogP) is 0.393. The van der Waals surface area contributed by atoms with Crippen molar-refractivity contribution >= 4 is 5.91 Å². The maximum atomic E-state index is 11.1. The monoisotopic (exact) mass is 202 g/mol. The highest BCUT2D eigenvalue weighted by atomic mass is 16.2. The number of carbonyl (C=O) groups excluding carboxylic acids is 1. The van der Waals surface area contributed by atoms with E-state index < -0.39 is 0 Å². The molecule has 1 amide bonds. The molecule has 4 nitrogen and oxygen atoms in total. The molecule has 14 heavy (non-hydrogen) atoms. The number of carbonyl (C=O) groups is 1. The van der Waals surface area contributed by atoms with E-state index in [0.717, 1.165) is 19.3 Å². The van der Waals surface area contributed by atoms with Crippen LogP contribution in [-0.2, 0) is 4.79 Å². The highest BCUT2D eigenvalue weighted by molar-refractivity contribution is 5.75. The summed E-state index contributed by atoms with van der Waals surface area (Å²) < 4.78 is 0. The summed E-state index contributed by atoms with van der Waals surface area (Å²) in [6, 6.07) is 0.210. The Labute approximate surface area is 85.9 Å². The van der Waals surface area contributed by atoms with Crippen LogP contribution in [0.4, 0.5) is 0 Å². The highest BCUT2D eigenvalue weighted by Crippen LogP contribution is 1.95. The van der Waals surface area contributed by atoms with Crippen molar-refractivity contribution in [1.82, 2.24) is 5.32 Å². The summed E-state index contributed by atoms with van der Waals surface area (Å²) in [6.07, 6.45) is 3.85. The van der Waals surface area contributed by atoms with Gasteiger partial charge < -0.3 is 16.2 Å². The van der Waals surface area contributed by atoms with Gasteiger partial charge in [0, 0.05) is 25.6 Å². The van der Waals surface area contributed by atoms with Gasteiger partial charge in [-0.2, -0.15) is 0 Å². The normalized spacial score (nSPS) is 12.5. The van der Waals surface area contributed by atoms with Gasteiger partial charge in [0.25, 0.3) is 0 Å². The minimum absolute atomic E-state index is 0.0723. The molecule has 0 rings (SSSR count). The third-order valence-electron chi connectivity index (χ3n) is 1.97. The topological polar surface area (TPSA) is 75.3 Å². The van der Waals surface area contributed by atoms with Crippen molar-refractivity contribution in [2.45, 2.75) is 45.1 Å². The summed E-state index contributed by atoms with van der Waals surface area (Å²) in [5, 5.41) is 11.3. The van der Waals surface area contributed by atoms with Crippen molar-refractivity contribution in [3.63, 3.8) is 0 Å². The fourth-order valence-corrected chi connectivity index (χ4v) is 1.14. The molecule has 1 unspecified atom stereocenters. The van der Waals surface area contributed by atoms with Gasteiger partial charge in [0.15, 0.2) is 0 Å². The number of nitrogens with two attached hydrogens (primary N) is 1. The molecule has 1 atom stereocenters. The lowest BCUT2D eigenvalue weighted by Gasteiger charge is -2.06. The van der Waals surface area contributed by atoms with Crippen LogP contribution in [0, 0.1) is 0 Å². The van der Waals surface area contributed by atoms with Gasteiger partial charge in [-0.15, -0.1) is 0 Å². The van der Waals surface area contributed by atoms with Crippen molar-refractivity contribution in [3.8, 4) is 0 Å². The number of hydrogen-bond donors (Lipinski definition) is 3. The average Bonchev–Trinajstić information content (AvgIpc) is 2.13. The first kappa shape index (κ1) is 13.4. The first-order valence-electron chi connectivity index (χ1n) is 5.30. The van der Waals surface area contributed by atoms with E-state index in [1.807, 2.05) is 6.92 Å². The van der Waals surface area contributed by atoms with Crippen molar-refractivity contribution in [1.29, 1.82) is 0 Å². The highest BCUT2D eigenvalue weighted by Gasteiger charge is 2.00. The van der Waals surface area contributed by atoms with Crippen LogP contribution in [0.5, 0.6) is 0 Å². The molecule has 0 aliphatic carbocycles. The lowest BCUT2D eigenvalue weighted by molar-refractivity contribution is -0.121. The van der Waals surface area contributed by atoms with Gasteiger partial charge in [-0.25, -0.2) is 0 Å². The Hall–Kier alpha value is -0.610. The van der Waals surface area contributed by atoms with Gasteiger partial charge >= 0.3 is 0 Å². The van der Waals surface area contributed by atoms with Crippen LogP contribution in [0.2, 0.25) is 0 Å². The maximum absolute atomic E-state index is 11.1. The number of aliphatic hydroxyl groups is 1. The minimum Gasteiger partial charge on any atom is -0.396 e. The zero-order valence-electron chi connectivity index (χ0n) is 8.96. The largest absolute Gasteiger partial charge is 0.396 e. The Morgan fingerprint density at radius 3 is 2.71 bits per heavy atom. The quantitative estimate of drug-likeness (QED) is 0.498. The van der Waals surface area contributed by atoms with Crippen molar-refractivity contribution in [2.75, 3.05) is 13.2 Å². The summed E-state index contributed by atoms with van der Waals surface area (Å²) in [5.41, 5.74) is 5.57. The van der Waals surface area contributed by atoms with E-state index in [2.05, 4.69) is 5.32 Å². The van der Waals surface area contributed by atoms with E-state index in [-0.39, 0.29) is 18.6 Å². The van der Waals surface area contributed by atoms with Crippen LogP contribution in [0.25, 0.3) is 0 Å². The SMILES string of the molecule is CC(N)CCCNC(=O)CCCCO. The predicted molar refractivity (Wildman–Crippen MR) is 56.8 cm³/mol. The van der Waals surface area contributed by atoms with Crippen LogP contribution in [0.3, 0.4) is 0 Å².